The maximum absolute atomic E-state index is 12.1. The van der Waals surface area contributed by atoms with Crippen molar-refractivity contribution in [2.24, 2.45) is 0 Å². The first-order valence-corrected chi connectivity index (χ1v) is 6.93. The zero-order chi connectivity index (χ0) is 14.8. The van der Waals surface area contributed by atoms with E-state index < -0.39 is 11.5 Å². The number of hydrogen-bond donors (Lipinski definition) is 2. The quantitative estimate of drug-likeness (QED) is 0.777. The number of fused-ring (bicyclic) bond motifs is 1. The molecule has 0 saturated heterocycles. The summed E-state index contributed by atoms with van der Waals surface area (Å²) in [4.78, 5) is 30.4. The number of carbonyl (C=O) groups excluding carboxylic acids is 1. The molecule has 0 saturated carbocycles. The van der Waals surface area contributed by atoms with Gasteiger partial charge in [-0.1, -0.05) is 17.4 Å². The standard InChI is InChI=1S/C14H11N3O3S/c1-20-9-5-2-6-10-11(9)16-14(21-10)17-13(19)8-4-3-7-15-12(8)18/h2-7H,1H3,(H,15,18)(H,16,17,19). The number of thiazole rings is 1. The molecule has 0 unspecified atom stereocenters. The molecule has 106 valence electrons. The van der Waals surface area contributed by atoms with Crippen molar-refractivity contribution in [1.29, 1.82) is 0 Å². The van der Waals surface area contributed by atoms with Crippen LogP contribution < -0.4 is 15.6 Å². The van der Waals surface area contributed by atoms with Crippen LogP contribution in [-0.4, -0.2) is 23.0 Å². The zero-order valence-electron chi connectivity index (χ0n) is 11.0. The van der Waals surface area contributed by atoms with Crippen LogP contribution >= 0.6 is 11.3 Å². The van der Waals surface area contributed by atoms with Crippen LogP contribution in [0.1, 0.15) is 10.4 Å². The lowest BCUT2D eigenvalue weighted by atomic mass is 10.2. The van der Waals surface area contributed by atoms with E-state index in [1.54, 1.807) is 19.2 Å². The zero-order valence-corrected chi connectivity index (χ0v) is 11.9. The number of benzene rings is 1. The molecule has 0 aliphatic heterocycles. The van der Waals surface area contributed by atoms with Gasteiger partial charge in [-0.05, 0) is 24.3 Å². The normalized spacial score (nSPS) is 10.5. The Morgan fingerprint density at radius 2 is 2.19 bits per heavy atom. The SMILES string of the molecule is COc1cccc2sc(NC(=O)c3ccc[nH]c3=O)nc12. The topological polar surface area (TPSA) is 84.1 Å². The number of amides is 1. The Hall–Kier alpha value is -2.67. The summed E-state index contributed by atoms with van der Waals surface area (Å²) < 4.78 is 6.12. The predicted molar refractivity (Wildman–Crippen MR) is 81.2 cm³/mol. The molecule has 1 aromatic carbocycles. The fraction of sp³-hybridized carbons (Fsp3) is 0.0714. The third kappa shape index (κ3) is 2.50. The molecule has 0 bridgehead atoms. The molecule has 2 aromatic heterocycles. The van der Waals surface area contributed by atoms with E-state index in [4.69, 9.17) is 4.74 Å². The van der Waals surface area contributed by atoms with E-state index in [0.717, 1.165) is 4.70 Å². The van der Waals surface area contributed by atoms with Crippen molar-refractivity contribution in [2.45, 2.75) is 0 Å². The molecule has 7 heteroatoms. The summed E-state index contributed by atoms with van der Waals surface area (Å²) in [5.41, 5.74) is 0.291. The van der Waals surface area contributed by atoms with Gasteiger partial charge in [0.25, 0.3) is 11.5 Å². The molecule has 0 atom stereocenters. The molecule has 2 N–H and O–H groups in total. The number of nitrogens with zero attached hydrogens (tertiary/aromatic N) is 1. The molecule has 3 aromatic rings. The first-order chi connectivity index (χ1) is 10.2. The van der Waals surface area contributed by atoms with E-state index >= 15 is 0 Å². The maximum atomic E-state index is 12.1. The average Bonchev–Trinajstić information content (AvgIpc) is 2.89. The number of aromatic amines is 1. The minimum absolute atomic E-state index is 0.0451. The number of anilines is 1. The summed E-state index contributed by atoms with van der Waals surface area (Å²) in [6.07, 6.45) is 1.47. The van der Waals surface area contributed by atoms with Crippen molar-refractivity contribution < 1.29 is 9.53 Å². The molecule has 2 heterocycles. The fourth-order valence-corrected chi connectivity index (χ4v) is 2.78. The number of carbonyl (C=O) groups is 1. The monoisotopic (exact) mass is 301 g/mol. The number of pyridine rings is 1. The van der Waals surface area contributed by atoms with Gasteiger partial charge in [0.05, 0.1) is 11.8 Å². The number of hydrogen-bond acceptors (Lipinski definition) is 5. The molecule has 6 nitrogen and oxygen atoms in total. The Labute approximate surface area is 123 Å². The Morgan fingerprint density at radius 3 is 2.95 bits per heavy atom. The minimum atomic E-state index is -0.491. The summed E-state index contributed by atoms with van der Waals surface area (Å²) in [5, 5.41) is 3.05. The summed E-state index contributed by atoms with van der Waals surface area (Å²) in [7, 11) is 1.57. The Bertz CT molecular complexity index is 869. The Balaban J connectivity index is 1.94. The largest absolute Gasteiger partial charge is 0.494 e. The van der Waals surface area contributed by atoms with E-state index in [9.17, 15) is 9.59 Å². The van der Waals surface area contributed by atoms with E-state index in [2.05, 4.69) is 15.3 Å². The first kappa shape index (κ1) is 13.3. The number of nitrogens with one attached hydrogen (secondary N) is 2. The number of rotatable bonds is 3. The second-order valence-electron chi connectivity index (χ2n) is 4.19. The van der Waals surface area contributed by atoms with Gasteiger partial charge in [-0.15, -0.1) is 0 Å². The van der Waals surface area contributed by atoms with Crippen LogP contribution in [0.2, 0.25) is 0 Å². The predicted octanol–water partition coefficient (Wildman–Crippen LogP) is 2.25. The third-order valence-corrected chi connectivity index (χ3v) is 3.82. The van der Waals surface area contributed by atoms with Crippen molar-refractivity contribution in [1.82, 2.24) is 9.97 Å². The molecular weight excluding hydrogens is 290 g/mol. The number of para-hydroxylation sites is 1. The van der Waals surface area contributed by atoms with Crippen LogP contribution in [0.3, 0.4) is 0 Å². The summed E-state index contributed by atoms with van der Waals surface area (Å²) in [5.74, 6) is 0.150. The number of methoxy groups -OCH3 is 1. The lowest BCUT2D eigenvalue weighted by molar-refractivity contribution is 0.102. The third-order valence-electron chi connectivity index (χ3n) is 2.89. The van der Waals surface area contributed by atoms with Crippen molar-refractivity contribution >= 4 is 32.6 Å². The van der Waals surface area contributed by atoms with Crippen molar-refractivity contribution in [2.75, 3.05) is 12.4 Å². The molecule has 0 aliphatic carbocycles. The van der Waals surface area contributed by atoms with Crippen molar-refractivity contribution in [3.05, 3.63) is 52.4 Å². The first-order valence-electron chi connectivity index (χ1n) is 6.11. The van der Waals surface area contributed by atoms with Gasteiger partial charge in [-0.25, -0.2) is 4.98 Å². The summed E-state index contributed by atoms with van der Waals surface area (Å²) in [6, 6.07) is 8.60. The summed E-state index contributed by atoms with van der Waals surface area (Å²) in [6.45, 7) is 0. The van der Waals surface area contributed by atoms with Crippen LogP contribution in [0.15, 0.2) is 41.3 Å². The number of ether oxygens (including phenoxy) is 1. The fourth-order valence-electron chi connectivity index (χ4n) is 1.91. The second kappa shape index (κ2) is 5.37. The Kier molecular flexibility index (Phi) is 3.41. The van der Waals surface area contributed by atoms with Crippen LogP contribution in [-0.2, 0) is 0 Å². The minimum Gasteiger partial charge on any atom is -0.494 e. The smallest absolute Gasteiger partial charge is 0.263 e. The van der Waals surface area contributed by atoms with Crippen molar-refractivity contribution in [3.8, 4) is 5.75 Å². The number of aromatic nitrogens is 2. The highest BCUT2D eigenvalue weighted by Gasteiger charge is 2.14. The molecule has 0 radical (unpaired) electrons. The molecule has 0 spiro atoms. The molecule has 0 fully saturated rings. The van der Waals surface area contributed by atoms with Crippen LogP contribution in [0.25, 0.3) is 10.2 Å². The van der Waals surface area contributed by atoms with Crippen molar-refractivity contribution in [3.63, 3.8) is 0 Å². The van der Waals surface area contributed by atoms with E-state index in [0.29, 0.717) is 16.4 Å². The van der Waals surface area contributed by atoms with Gasteiger partial charge in [0.2, 0.25) is 0 Å². The van der Waals surface area contributed by atoms with E-state index in [-0.39, 0.29) is 5.56 Å². The van der Waals surface area contributed by atoms with E-state index in [1.165, 1.54) is 23.6 Å². The van der Waals surface area contributed by atoms with Gasteiger partial charge in [-0.3, -0.25) is 14.9 Å². The highest BCUT2D eigenvalue weighted by atomic mass is 32.1. The van der Waals surface area contributed by atoms with Gasteiger partial charge in [0.15, 0.2) is 5.13 Å². The summed E-state index contributed by atoms with van der Waals surface area (Å²) >= 11 is 1.32. The molecule has 21 heavy (non-hydrogen) atoms. The molecule has 0 aliphatic rings. The average molecular weight is 301 g/mol. The van der Waals surface area contributed by atoms with Gasteiger partial charge in [-0.2, -0.15) is 0 Å². The van der Waals surface area contributed by atoms with Gasteiger partial charge >= 0.3 is 0 Å². The number of H-pyrrole nitrogens is 1. The Morgan fingerprint density at radius 1 is 1.33 bits per heavy atom. The molecule has 3 rings (SSSR count). The van der Waals surface area contributed by atoms with E-state index in [1.807, 2.05) is 12.1 Å². The lowest BCUT2D eigenvalue weighted by Gasteiger charge is -2.00. The highest BCUT2D eigenvalue weighted by molar-refractivity contribution is 7.22. The molecular formula is C14H11N3O3S. The van der Waals surface area contributed by atoms with Gasteiger partial charge in [0, 0.05) is 6.20 Å². The van der Waals surface area contributed by atoms with Crippen LogP contribution in [0.4, 0.5) is 5.13 Å². The van der Waals surface area contributed by atoms with Gasteiger partial charge in [0.1, 0.15) is 16.8 Å². The van der Waals surface area contributed by atoms with Gasteiger partial charge < -0.3 is 9.72 Å². The highest BCUT2D eigenvalue weighted by Crippen LogP contribution is 2.32. The van der Waals surface area contributed by atoms with Crippen LogP contribution in [0, 0.1) is 0 Å². The maximum Gasteiger partial charge on any atom is 0.263 e. The molecule has 1 amide bonds. The van der Waals surface area contributed by atoms with Crippen LogP contribution in [0.5, 0.6) is 5.75 Å². The lowest BCUT2D eigenvalue weighted by Crippen LogP contribution is -2.22. The second-order valence-corrected chi connectivity index (χ2v) is 5.22.